The number of amides is 1. The van der Waals surface area contributed by atoms with Crippen molar-refractivity contribution in [3.8, 4) is 0 Å². The Morgan fingerprint density at radius 1 is 1.10 bits per heavy atom. The number of anilines is 2. The Labute approximate surface area is 145 Å². The first-order chi connectivity index (χ1) is 9.93. The van der Waals surface area contributed by atoms with E-state index in [2.05, 4.69) is 58.5 Å². The van der Waals surface area contributed by atoms with Crippen LogP contribution in [0.1, 0.15) is 10.4 Å². The summed E-state index contributed by atoms with van der Waals surface area (Å²) in [6.45, 7) is 0. The van der Waals surface area contributed by atoms with Gasteiger partial charge in [0.25, 0.3) is 5.91 Å². The maximum atomic E-state index is 13.6. The van der Waals surface area contributed by atoms with Crippen LogP contribution in [0.3, 0.4) is 0 Å². The topological polar surface area (TPSA) is 67.1 Å². The highest BCUT2D eigenvalue weighted by atomic mass is 79.9. The third-order valence-electron chi connectivity index (χ3n) is 2.65. The fourth-order valence-electron chi connectivity index (χ4n) is 1.70. The Morgan fingerprint density at radius 2 is 1.71 bits per heavy atom. The van der Waals surface area contributed by atoms with Gasteiger partial charge in [-0.3, -0.25) is 10.6 Å². The van der Waals surface area contributed by atoms with Gasteiger partial charge < -0.3 is 10.7 Å². The molecule has 0 radical (unpaired) electrons. The quantitative estimate of drug-likeness (QED) is 0.441. The zero-order valence-corrected chi connectivity index (χ0v) is 15.1. The van der Waals surface area contributed by atoms with E-state index < -0.39 is 11.7 Å². The minimum atomic E-state index is -0.598. The van der Waals surface area contributed by atoms with Crippen LogP contribution in [-0.4, -0.2) is 5.91 Å². The maximum Gasteiger partial charge on any atom is 0.257 e. The van der Waals surface area contributed by atoms with Crippen molar-refractivity contribution < 1.29 is 9.18 Å². The van der Waals surface area contributed by atoms with Crippen molar-refractivity contribution in [2.45, 2.75) is 0 Å². The van der Waals surface area contributed by atoms with Crippen molar-refractivity contribution in [1.29, 1.82) is 0 Å². The van der Waals surface area contributed by atoms with Gasteiger partial charge in [-0.2, -0.15) is 0 Å². The number of nitrogens with one attached hydrogen (secondary N) is 2. The second kappa shape index (κ2) is 6.87. The lowest BCUT2D eigenvalue weighted by molar-refractivity contribution is 0.102. The number of rotatable bonds is 3. The van der Waals surface area contributed by atoms with Crippen molar-refractivity contribution in [3.05, 3.63) is 55.1 Å². The molecule has 0 saturated carbocycles. The van der Waals surface area contributed by atoms with E-state index in [0.29, 0.717) is 14.6 Å². The highest BCUT2D eigenvalue weighted by Gasteiger charge is 2.17. The van der Waals surface area contributed by atoms with Crippen molar-refractivity contribution in [2.75, 3.05) is 10.7 Å². The maximum absolute atomic E-state index is 13.6. The lowest BCUT2D eigenvalue weighted by Crippen LogP contribution is -2.18. The molecule has 0 aliphatic rings. The summed E-state index contributed by atoms with van der Waals surface area (Å²) in [6, 6.07) is 7.71. The van der Waals surface area contributed by atoms with Crippen LogP contribution in [0.2, 0.25) is 0 Å². The Morgan fingerprint density at radius 3 is 2.29 bits per heavy atom. The SMILES string of the molecule is NNc1c(F)cccc1C(=O)Nc1c(Br)cc(Br)cc1Br. The van der Waals surface area contributed by atoms with Crippen LogP contribution >= 0.6 is 47.8 Å². The second-order valence-electron chi connectivity index (χ2n) is 4.01. The predicted molar refractivity (Wildman–Crippen MR) is 91.7 cm³/mol. The summed E-state index contributed by atoms with van der Waals surface area (Å²) in [5, 5.41) is 2.71. The molecule has 21 heavy (non-hydrogen) atoms. The van der Waals surface area contributed by atoms with Crippen LogP contribution in [0.25, 0.3) is 0 Å². The minimum absolute atomic E-state index is 0.0562. The molecule has 0 aliphatic carbocycles. The molecule has 8 heteroatoms. The summed E-state index contributed by atoms with van der Waals surface area (Å²) < 4.78 is 15.8. The summed E-state index contributed by atoms with van der Waals surface area (Å²) in [5.41, 5.74) is 2.79. The van der Waals surface area contributed by atoms with Gasteiger partial charge in [-0.15, -0.1) is 0 Å². The van der Waals surface area contributed by atoms with Crippen LogP contribution in [0.15, 0.2) is 43.7 Å². The number of benzene rings is 2. The van der Waals surface area contributed by atoms with Crippen molar-refractivity contribution in [2.24, 2.45) is 5.84 Å². The van der Waals surface area contributed by atoms with E-state index >= 15 is 0 Å². The monoisotopic (exact) mass is 479 g/mol. The number of halogens is 4. The van der Waals surface area contributed by atoms with E-state index in [1.807, 2.05) is 0 Å². The second-order valence-corrected chi connectivity index (χ2v) is 6.63. The third kappa shape index (κ3) is 3.63. The largest absolute Gasteiger partial charge is 0.321 e. The highest BCUT2D eigenvalue weighted by molar-refractivity contribution is 9.11. The van der Waals surface area contributed by atoms with E-state index in [1.165, 1.54) is 18.2 Å². The summed E-state index contributed by atoms with van der Waals surface area (Å²) in [5.74, 6) is 4.19. The highest BCUT2D eigenvalue weighted by Crippen LogP contribution is 2.35. The Balaban J connectivity index is 2.38. The Bertz CT molecular complexity index is 686. The molecule has 0 spiro atoms. The molecule has 0 fully saturated rings. The van der Waals surface area contributed by atoms with Gasteiger partial charge in [0, 0.05) is 13.4 Å². The van der Waals surface area contributed by atoms with Crippen LogP contribution in [0.4, 0.5) is 15.8 Å². The molecule has 4 nitrogen and oxygen atoms in total. The average Bonchev–Trinajstić information content (AvgIpc) is 2.42. The molecule has 2 aromatic rings. The molecule has 0 heterocycles. The molecule has 4 N–H and O–H groups in total. The average molecular weight is 482 g/mol. The zero-order chi connectivity index (χ0) is 15.6. The fourth-order valence-corrected chi connectivity index (χ4v) is 4.16. The first-order valence-electron chi connectivity index (χ1n) is 5.65. The number of hydrogen-bond acceptors (Lipinski definition) is 3. The van der Waals surface area contributed by atoms with E-state index in [4.69, 9.17) is 5.84 Å². The number of carbonyl (C=O) groups excluding carboxylic acids is 1. The van der Waals surface area contributed by atoms with Crippen LogP contribution in [0, 0.1) is 5.82 Å². The number of para-hydroxylation sites is 1. The molecule has 2 aromatic carbocycles. The van der Waals surface area contributed by atoms with Gasteiger partial charge in [-0.05, 0) is 56.1 Å². The lowest BCUT2D eigenvalue weighted by atomic mass is 10.1. The smallest absolute Gasteiger partial charge is 0.257 e. The summed E-state index contributed by atoms with van der Waals surface area (Å²) in [6.07, 6.45) is 0. The number of hydrogen-bond donors (Lipinski definition) is 3. The molecule has 1 amide bonds. The molecule has 0 aromatic heterocycles. The third-order valence-corrected chi connectivity index (χ3v) is 4.36. The molecule has 0 unspecified atom stereocenters. The molecule has 0 saturated heterocycles. The van der Waals surface area contributed by atoms with Gasteiger partial charge in [0.1, 0.15) is 5.82 Å². The molecule has 2 rings (SSSR count). The normalized spacial score (nSPS) is 10.3. The van der Waals surface area contributed by atoms with Gasteiger partial charge in [0.2, 0.25) is 0 Å². The lowest BCUT2D eigenvalue weighted by Gasteiger charge is -2.13. The number of nitrogens with two attached hydrogens (primary N) is 1. The zero-order valence-electron chi connectivity index (χ0n) is 10.4. The van der Waals surface area contributed by atoms with E-state index in [1.54, 1.807) is 12.1 Å². The van der Waals surface area contributed by atoms with Crippen LogP contribution in [0.5, 0.6) is 0 Å². The molecule has 0 atom stereocenters. The molecule has 110 valence electrons. The van der Waals surface area contributed by atoms with Gasteiger partial charge in [-0.1, -0.05) is 22.0 Å². The van der Waals surface area contributed by atoms with Gasteiger partial charge in [-0.25, -0.2) is 4.39 Å². The van der Waals surface area contributed by atoms with Crippen molar-refractivity contribution >= 4 is 65.1 Å². The molecule has 0 aliphatic heterocycles. The number of carbonyl (C=O) groups is 1. The molecule has 0 bridgehead atoms. The van der Waals surface area contributed by atoms with Crippen molar-refractivity contribution in [3.63, 3.8) is 0 Å². The Kier molecular flexibility index (Phi) is 5.37. The van der Waals surface area contributed by atoms with Gasteiger partial charge >= 0.3 is 0 Å². The van der Waals surface area contributed by atoms with E-state index in [9.17, 15) is 9.18 Å². The van der Waals surface area contributed by atoms with E-state index in [-0.39, 0.29) is 11.3 Å². The molecular formula is C13H9Br3FN3O. The first kappa shape index (κ1) is 16.4. The van der Waals surface area contributed by atoms with Crippen LogP contribution < -0.4 is 16.6 Å². The predicted octanol–water partition coefficient (Wildman–Crippen LogP) is 4.65. The van der Waals surface area contributed by atoms with Gasteiger partial charge in [0.05, 0.1) is 16.9 Å². The Hall–Kier alpha value is -0.960. The summed E-state index contributed by atoms with van der Waals surface area (Å²) in [7, 11) is 0. The molecular weight excluding hydrogens is 473 g/mol. The minimum Gasteiger partial charge on any atom is -0.321 e. The first-order valence-corrected chi connectivity index (χ1v) is 8.03. The van der Waals surface area contributed by atoms with Crippen molar-refractivity contribution in [1.82, 2.24) is 0 Å². The number of hydrazine groups is 1. The van der Waals surface area contributed by atoms with E-state index in [0.717, 1.165) is 4.47 Å². The van der Waals surface area contributed by atoms with Crippen LogP contribution in [-0.2, 0) is 0 Å². The summed E-state index contributed by atoms with van der Waals surface area (Å²) in [4.78, 5) is 12.3. The fraction of sp³-hybridized carbons (Fsp3) is 0. The summed E-state index contributed by atoms with van der Waals surface area (Å²) >= 11 is 10.1. The van der Waals surface area contributed by atoms with Gasteiger partial charge in [0.15, 0.2) is 0 Å². The number of nitrogen functional groups attached to an aromatic ring is 1. The standard InChI is InChI=1S/C13H9Br3FN3O/c14-6-4-8(15)12(9(16)5-6)19-13(21)7-2-1-3-10(17)11(7)20-18/h1-5,20H,18H2,(H,19,21).